The summed E-state index contributed by atoms with van der Waals surface area (Å²) in [6.45, 7) is 2.10. The molecular weight excluding hydrogens is 401 g/mol. The van der Waals surface area contributed by atoms with Crippen LogP contribution in [0, 0.1) is 11.7 Å². The van der Waals surface area contributed by atoms with Crippen LogP contribution in [0.3, 0.4) is 0 Å². The smallest absolute Gasteiger partial charge is 0.244 e. The van der Waals surface area contributed by atoms with Crippen LogP contribution < -0.4 is 5.43 Å². The molecule has 0 bridgehead atoms. The Kier molecular flexibility index (Phi) is 5.02. The van der Waals surface area contributed by atoms with Crippen LogP contribution in [-0.4, -0.2) is 17.1 Å². The summed E-state index contributed by atoms with van der Waals surface area (Å²) >= 11 is 0. The molecule has 1 aromatic heterocycles. The number of nitrogens with zero attached hydrogens (tertiary/aromatic N) is 2. The van der Waals surface area contributed by atoms with Gasteiger partial charge in [0.25, 0.3) is 0 Å². The number of hydrazone groups is 1. The monoisotopic (exact) mass is 423 g/mol. The molecule has 1 amide bonds. The van der Waals surface area contributed by atoms with Gasteiger partial charge in [-0.25, -0.2) is 9.82 Å². The fourth-order valence-corrected chi connectivity index (χ4v) is 4.18. The lowest BCUT2D eigenvalue weighted by molar-refractivity contribution is -0.122. The molecule has 1 N–H and O–H groups in total. The number of halogens is 1. The van der Waals surface area contributed by atoms with E-state index in [4.69, 9.17) is 0 Å². The number of hydrogen-bond donors (Lipinski definition) is 1. The highest BCUT2D eigenvalue weighted by Crippen LogP contribution is 2.54. The Balaban J connectivity index is 1.23. The molecule has 1 aliphatic rings. The highest BCUT2D eigenvalue weighted by Gasteiger charge is 2.55. The summed E-state index contributed by atoms with van der Waals surface area (Å²) in [5, 5.41) is 6.30. The van der Waals surface area contributed by atoms with Crippen molar-refractivity contribution in [2.75, 3.05) is 0 Å². The molecule has 1 saturated carbocycles. The molecule has 5 heteroatoms. The van der Waals surface area contributed by atoms with Gasteiger partial charge in [-0.15, -0.1) is 0 Å². The maximum atomic E-state index is 13.1. The van der Waals surface area contributed by atoms with E-state index in [2.05, 4.69) is 34.6 Å². The predicted molar refractivity (Wildman–Crippen MR) is 125 cm³/mol. The highest BCUT2D eigenvalue weighted by atomic mass is 19.1. The second kappa shape index (κ2) is 8.00. The lowest BCUT2D eigenvalue weighted by Gasteiger charge is -2.12. The van der Waals surface area contributed by atoms with Gasteiger partial charge in [-0.2, -0.15) is 5.10 Å². The zero-order valence-corrected chi connectivity index (χ0v) is 17.6. The third-order valence-corrected chi connectivity index (χ3v) is 6.33. The molecule has 0 aliphatic heterocycles. The van der Waals surface area contributed by atoms with Crippen molar-refractivity contribution in [3.63, 3.8) is 0 Å². The molecule has 1 fully saturated rings. The predicted octanol–water partition coefficient (Wildman–Crippen LogP) is 5.47. The fraction of sp³-hybridized carbons (Fsp3) is 0.148. The normalized spacial score (nSPS) is 19.9. The van der Waals surface area contributed by atoms with E-state index in [1.54, 1.807) is 24.5 Å². The van der Waals surface area contributed by atoms with Crippen molar-refractivity contribution in [2.45, 2.75) is 18.8 Å². The summed E-state index contributed by atoms with van der Waals surface area (Å²) in [5.41, 5.74) is 6.52. The van der Waals surface area contributed by atoms with Crippen LogP contribution in [0.5, 0.6) is 0 Å². The van der Waals surface area contributed by atoms with E-state index in [1.165, 1.54) is 12.1 Å². The summed E-state index contributed by atoms with van der Waals surface area (Å²) < 4.78 is 13.1. The average molecular weight is 423 g/mol. The lowest BCUT2D eigenvalue weighted by Crippen LogP contribution is -2.23. The number of hydrogen-bond acceptors (Lipinski definition) is 3. The van der Waals surface area contributed by atoms with E-state index >= 15 is 0 Å². The number of carbonyl (C=O) groups is 1. The van der Waals surface area contributed by atoms with E-state index in [-0.39, 0.29) is 23.1 Å². The summed E-state index contributed by atoms with van der Waals surface area (Å²) in [5.74, 6) is -0.430. The highest BCUT2D eigenvalue weighted by molar-refractivity contribution is 5.91. The van der Waals surface area contributed by atoms with Gasteiger partial charge in [0, 0.05) is 23.2 Å². The number of benzene rings is 3. The number of rotatable bonds is 5. The first kappa shape index (κ1) is 20.1. The first-order chi connectivity index (χ1) is 15.5. The number of amides is 1. The third kappa shape index (κ3) is 3.89. The number of pyridine rings is 1. The first-order valence-electron chi connectivity index (χ1n) is 10.6. The van der Waals surface area contributed by atoms with Crippen molar-refractivity contribution in [3.8, 4) is 11.1 Å². The Labute approximate surface area is 185 Å². The van der Waals surface area contributed by atoms with Crippen LogP contribution >= 0.6 is 0 Å². The quantitative estimate of drug-likeness (QED) is 0.342. The van der Waals surface area contributed by atoms with Crippen molar-refractivity contribution in [1.82, 2.24) is 10.4 Å². The van der Waals surface area contributed by atoms with Gasteiger partial charge in [-0.1, -0.05) is 55.5 Å². The van der Waals surface area contributed by atoms with E-state index in [9.17, 15) is 9.18 Å². The minimum Gasteiger partial charge on any atom is -0.273 e. The van der Waals surface area contributed by atoms with Crippen molar-refractivity contribution in [1.29, 1.82) is 0 Å². The van der Waals surface area contributed by atoms with E-state index in [0.717, 1.165) is 39.4 Å². The second-order valence-electron chi connectivity index (χ2n) is 8.47. The minimum absolute atomic E-state index is 0.0728. The summed E-state index contributed by atoms with van der Waals surface area (Å²) in [7, 11) is 0. The molecular formula is C27H22FN3O. The summed E-state index contributed by atoms with van der Waals surface area (Å²) in [6, 6.07) is 22.5. The van der Waals surface area contributed by atoms with E-state index < -0.39 is 0 Å². The van der Waals surface area contributed by atoms with Gasteiger partial charge >= 0.3 is 0 Å². The van der Waals surface area contributed by atoms with Gasteiger partial charge in [-0.3, -0.25) is 9.78 Å². The number of fused-ring (bicyclic) bond motifs is 1. The molecule has 1 heterocycles. The van der Waals surface area contributed by atoms with Crippen LogP contribution in [-0.2, 0) is 10.2 Å². The Morgan fingerprint density at radius 2 is 1.75 bits per heavy atom. The van der Waals surface area contributed by atoms with Gasteiger partial charge in [0.05, 0.1) is 12.1 Å². The molecule has 4 aromatic rings. The number of aromatic nitrogens is 1. The fourth-order valence-electron chi connectivity index (χ4n) is 4.18. The van der Waals surface area contributed by atoms with Crippen molar-refractivity contribution in [2.24, 2.45) is 11.0 Å². The van der Waals surface area contributed by atoms with Gasteiger partial charge in [0.2, 0.25) is 5.91 Å². The molecule has 0 radical (unpaired) electrons. The number of nitrogens with one attached hydrogen (secondary N) is 1. The standard InChI is InChI=1S/C27H22FN3O/c1-27(23-8-4-19(5-9-23)20-6-10-24(28)11-7-20)15-25(27)26(32)31-30-16-18-2-3-22-17-29-13-12-21(22)14-18/h2-14,16-17,25H,15H2,1H3,(H,31,32)/b30-16+. The third-order valence-electron chi connectivity index (χ3n) is 6.33. The first-order valence-corrected chi connectivity index (χ1v) is 10.6. The zero-order chi connectivity index (χ0) is 22.1. The van der Waals surface area contributed by atoms with Crippen LogP contribution in [0.2, 0.25) is 0 Å². The minimum atomic E-state index is -0.245. The molecule has 3 aromatic carbocycles. The molecule has 1 aliphatic carbocycles. The van der Waals surface area contributed by atoms with Crippen molar-refractivity contribution < 1.29 is 9.18 Å². The Bertz CT molecular complexity index is 1320. The molecule has 2 atom stereocenters. The average Bonchev–Trinajstić information content (AvgIpc) is 3.52. The van der Waals surface area contributed by atoms with Crippen LogP contribution in [0.25, 0.3) is 21.9 Å². The summed E-state index contributed by atoms with van der Waals surface area (Å²) in [6.07, 6.45) is 6.02. The molecule has 0 spiro atoms. The Morgan fingerprint density at radius 3 is 2.50 bits per heavy atom. The van der Waals surface area contributed by atoms with E-state index in [1.807, 2.05) is 42.6 Å². The molecule has 5 rings (SSSR count). The SMILES string of the molecule is CC1(c2ccc(-c3ccc(F)cc3)cc2)CC1C(=O)N/N=C/c1ccc2cnccc2c1. The Hall–Kier alpha value is -3.86. The van der Waals surface area contributed by atoms with Crippen LogP contribution in [0.15, 0.2) is 90.3 Å². The molecule has 4 nitrogen and oxygen atoms in total. The van der Waals surface area contributed by atoms with E-state index in [0.29, 0.717) is 0 Å². The van der Waals surface area contributed by atoms with Gasteiger partial charge in [0.1, 0.15) is 5.82 Å². The van der Waals surface area contributed by atoms with Crippen LogP contribution in [0.1, 0.15) is 24.5 Å². The van der Waals surface area contributed by atoms with Gasteiger partial charge < -0.3 is 0 Å². The second-order valence-corrected chi connectivity index (χ2v) is 8.47. The molecule has 2 unspecified atom stereocenters. The topological polar surface area (TPSA) is 54.4 Å². The summed E-state index contributed by atoms with van der Waals surface area (Å²) in [4.78, 5) is 16.8. The maximum Gasteiger partial charge on any atom is 0.244 e. The largest absolute Gasteiger partial charge is 0.273 e. The molecule has 158 valence electrons. The molecule has 32 heavy (non-hydrogen) atoms. The van der Waals surface area contributed by atoms with Crippen LogP contribution in [0.4, 0.5) is 4.39 Å². The number of carbonyl (C=O) groups excluding carboxylic acids is 1. The maximum absolute atomic E-state index is 13.1. The van der Waals surface area contributed by atoms with Gasteiger partial charge in [-0.05, 0) is 58.3 Å². The zero-order valence-electron chi connectivity index (χ0n) is 17.6. The molecule has 0 saturated heterocycles. The Morgan fingerprint density at radius 1 is 1.03 bits per heavy atom. The van der Waals surface area contributed by atoms with Crippen molar-refractivity contribution >= 4 is 22.9 Å². The van der Waals surface area contributed by atoms with Crippen molar-refractivity contribution in [3.05, 3.63) is 102 Å². The van der Waals surface area contributed by atoms with Gasteiger partial charge in [0.15, 0.2) is 0 Å². The lowest BCUT2D eigenvalue weighted by atomic mass is 9.93.